The Labute approximate surface area is 186 Å². The molecular formula is C22H25N5O4S. The second-order valence-corrected chi connectivity index (χ2v) is 9.52. The molecule has 1 aliphatic heterocycles. The van der Waals surface area contributed by atoms with Crippen LogP contribution in [0, 0.1) is 6.92 Å². The van der Waals surface area contributed by atoms with Crippen molar-refractivity contribution in [3.8, 4) is 11.5 Å². The van der Waals surface area contributed by atoms with Crippen LogP contribution in [-0.4, -0.2) is 54.8 Å². The molecule has 3 heterocycles. The summed E-state index contributed by atoms with van der Waals surface area (Å²) >= 11 is 0. The minimum atomic E-state index is -3.46. The van der Waals surface area contributed by atoms with Crippen LogP contribution in [0.25, 0.3) is 11.5 Å². The van der Waals surface area contributed by atoms with E-state index in [4.69, 9.17) is 4.42 Å². The van der Waals surface area contributed by atoms with E-state index in [2.05, 4.69) is 20.6 Å². The third-order valence-corrected chi connectivity index (χ3v) is 7.04. The van der Waals surface area contributed by atoms with Crippen molar-refractivity contribution in [3.05, 3.63) is 71.4 Å². The second-order valence-electron chi connectivity index (χ2n) is 7.55. The lowest BCUT2D eigenvalue weighted by Crippen LogP contribution is -2.46. The molecule has 168 valence electrons. The molecule has 2 aromatic heterocycles. The van der Waals surface area contributed by atoms with Gasteiger partial charge in [-0.1, -0.05) is 6.07 Å². The van der Waals surface area contributed by atoms with Gasteiger partial charge >= 0.3 is 0 Å². The largest absolute Gasteiger partial charge is 0.441 e. The Morgan fingerprint density at radius 2 is 1.94 bits per heavy atom. The van der Waals surface area contributed by atoms with Gasteiger partial charge in [-0.2, -0.15) is 4.31 Å². The number of carbonyl (C=O) groups excluding carboxylic acids is 1. The van der Waals surface area contributed by atoms with Gasteiger partial charge in [0.2, 0.25) is 15.9 Å². The molecule has 1 aromatic carbocycles. The van der Waals surface area contributed by atoms with Gasteiger partial charge in [-0.3, -0.25) is 9.78 Å². The van der Waals surface area contributed by atoms with Gasteiger partial charge in [-0.15, -0.1) is 0 Å². The maximum Gasteiger partial charge on any atom is 0.251 e. The highest BCUT2D eigenvalue weighted by Crippen LogP contribution is 2.24. The number of carbonyl (C=O) groups is 1. The van der Waals surface area contributed by atoms with Gasteiger partial charge in [0, 0.05) is 56.2 Å². The van der Waals surface area contributed by atoms with E-state index in [1.54, 1.807) is 43.6 Å². The fourth-order valence-corrected chi connectivity index (χ4v) is 4.96. The van der Waals surface area contributed by atoms with E-state index in [9.17, 15) is 13.2 Å². The van der Waals surface area contributed by atoms with Crippen molar-refractivity contribution in [1.82, 2.24) is 24.9 Å². The molecule has 32 heavy (non-hydrogen) atoms. The van der Waals surface area contributed by atoms with Crippen molar-refractivity contribution in [2.24, 2.45) is 0 Å². The molecule has 0 saturated carbocycles. The first kappa shape index (κ1) is 22.1. The zero-order valence-corrected chi connectivity index (χ0v) is 18.6. The molecule has 1 amide bonds. The second kappa shape index (κ2) is 9.60. The summed E-state index contributed by atoms with van der Waals surface area (Å²) in [4.78, 5) is 20.8. The summed E-state index contributed by atoms with van der Waals surface area (Å²) in [5.74, 6) is 0.399. The topological polar surface area (TPSA) is 117 Å². The average molecular weight is 456 g/mol. The van der Waals surface area contributed by atoms with Crippen LogP contribution < -0.4 is 10.6 Å². The van der Waals surface area contributed by atoms with Gasteiger partial charge < -0.3 is 15.1 Å². The summed E-state index contributed by atoms with van der Waals surface area (Å²) in [6, 6.07) is 10.5. The van der Waals surface area contributed by atoms with Crippen molar-refractivity contribution >= 4 is 15.9 Å². The van der Waals surface area contributed by atoms with E-state index in [-0.39, 0.29) is 11.7 Å². The van der Waals surface area contributed by atoms with E-state index in [0.717, 1.165) is 5.56 Å². The van der Waals surface area contributed by atoms with E-state index in [1.807, 2.05) is 12.1 Å². The number of nitrogens with one attached hydrogen (secondary N) is 2. The van der Waals surface area contributed by atoms with Gasteiger partial charge in [-0.25, -0.2) is 13.4 Å². The van der Waals surface area contributed by atoms with E-state index in [0.29, 0.717) is 61.2 Å². The highest BCUT2D eigenvalue weighted by Gasteiger charge is 2.27. The number of oxazole rings is 1. The monoisotopic (exact) mass is 455 g/mol. The molecule has 2 N–H and O–H groups in total. The Morgan fingerprint density at radius 3 is 2.62 bits per heavy atom. The summed E-state index contributed by atoms with van der Waals surface area (Å²) in [5, 5.41) is 6.00. The first-order chi connectivity index (χ1) is 15.4. The van der Waals surface area contributed by atoms with E-state index < -0.39 is 10.0 Å². The smallest absolute Gasteiger partial charge is 0.251 e. The number of aromatic nitrogens is 2. The number of aryl methyl sites for hydroxylation is 1. The van der Waals surface area contributed by atoms with Crippen molar-refractivity contribution in [2.45, 2.75) is 19.2 Å². The SMILES string of the molecule is Cc1oc(-c2ccc(C(=O)NCc3cccnc3)cc2)nc1CS(=O)(=O)N1CCNCC1. The van der Waals surface area contributed by atoms with Crippen LogP contribution in [0.3, 0.4) is 0 Å². The van der Waals surface area contributed by atoms with Crippen molar-refractivity contribution in [2.75, 3.05) is 26.2 Å². The quantitative estimate of drug-likeness (QED) is 0.557. The summed E-state index contributed by atoms with van der Waals surface area (Å²) in [6.45, 7) is 4.29. The van der Waals surface area contributed by atoms with Crippen LogP contribution in [0.2, 0.25) is 0 Å². The molecule has 3 aromatic rings. The molecule has 1 aliphatic rings. The zero-order valence-electron chi connectivity index (χ0n) is 17.7. The Balaban J connectivity index is 1.42. The van der Waals surface area contributed by atoms with Crippen LogP contribution in [0.5, 0.6) is 0 Å². The third kappa shape index (κ3) is 5.21. The fourth-order valence-electron chi connectivity index (χ4n) is 3.42. The molecule has 1 saturated heterocycles. The van der Waals surface area contributed by atoms with Crippen LogP contribution in [0.15, 0.2) is 53.2 Å². The third-order valence-electron chi connectivity index (χ3n) is 5.25. The minimum absolute atomic E-state index is 0.197. The molecule has 0 spiro atoms. The number of amides is 1. The number of hydrogen-bond donors (Lipinski definition) is 2. The van der Waals surface area contributed by atoms with Crippen molar-refractivity contribution < 1.29 is 17.6 Å². The van der Waals surface area contributed by atoms with Crippen LogP contribution in [0.1, 0.15) is 27.4 Å². The Hall–Kier alpha value is -3.08. The molecule has 1 fully saturated rings. The summed E-state index contributed by atoms with van der Waals surface area (Å²) in [5.41, 5.74) is 2.48. The number of pyridine rings is 1. The van der Waals surface area contributed by atoms with Gasteiger partial charge in [0.15, 0.2) is 0 Å². The maximum atomic E-state index is 12.7. The van der Waals surface area contributed by atoms with Crippen LogP contribution in [0.4, 0.5) is 0 Å². The number of hydrogen-bond acceptors (Lipinski definition) is 7. The van der Waals surface area contributed by atoms with Crippen molar-refractivity contribution in [1.29, 1.82) is 0 Å². The number of benzene rings is 1. The number of piperazine rings is 1. The normalized spacial score (nSPS) is 14.9. The highest BCUT2D eigenvalue weighted by atomic mass is 32.2. The standard InChI is InChI=1S/C22H25N5O4S/c1-16-20(15-32(29,30)27-11-9-23-10-12-27)26-22(31-16)19-6-4-18(5-7-19)21(28)25-14-17-3-2-8-24-13-17/h2-8,13,23H,9-12,14-15H2,1H3,(H,25,28). The molecule has 4 rings (SSSR count). The highest BCUT2D eigenvalue weighted by molar-refractivity contribution is 7.88. The van der Waals surface area contributed by atoms with E-state index in [1.165, 1.54) is 4.31 Å². The van der Waals surface area contributed by atoms with Crippen LogP contribution in [-0.2, 0) is 22.3 Å². The fraction of sp³-hybridized carbons (Fsp3) is 0.318. The summed E-state index contributed by atoms with van der Waals surface area (Å²) < 4.78 is 32.6. The maximum absolute atomic E-state index is 12.7. The van der Waals surface area contributed by atoms with Gasteiger partial charge in [-0.05, 0) is 42.8 Å². The molecule has 9 nitrogen and oxygen atoms in total. The molecule has 0 aliphatic carbocycles. The molecular weight excluding hydrogens is 430 g/mol. The lowest BCUT2D eigenvalue weighted by molar-refractivity contribution is 0.0951. The molecule has 0 bridgehead atoms. The molecule has 10 heteroatoms. The lowest BCUT2D eigenvalue weighted by Gasteiger charge is -2.26. The summed E-state index contributed by atoms with van der Waals surface area (Å²) in [7, 11) is -3.46. The van der Waals surface area contributed by atoms with Gasteiger partial charge in [0.25, 0.3) is 5.91 Å². The lowest BCUT2D eigenvalue weighted by atomic mass is 10.1. The van der Waals surface area contributed by atoms with Gasteiger partial charge in [0.1, 0.15) is 11.5 Å². The molecule has 0 unspecified atom stereocenters. The predicted octanol–water partition coefficient (Wildman–Crippen LogP) is 1.71. The first-order valence-electron chi connectivity index (χ1n) is 10.3. The summed E-state index contributed by atoms with van der Waals surface area (Å²) in [6.07, 6.45) is 3.38. The van der Waals surface area contributed by atoms with Crippen molar-refractivity contribution in [3.63, 3.8) is 0 Å². The minimum Gasteiger partial charge on any atom is -0.441 e. The molecule has 0 atom stereocenters. The average Bonchev–Trinajstić information content (AvgIpc) is 3.18. The Kier molecular flexibility index (Phi) is 6.63. The van der Waals surface area contributed by atoms with Gasteiger partial charge in [0.05, 0.1) is 5.69 Å². The van der Waals surface area contributed by atoms with E-state index >= 15 is 0 Å². The predicted molar refractivity (Wildman–Crippen MR) is 119 cm³/mol. The van der Waals surface area contributed by atoms with Crippen LogP contribution >= 0.6 is 0 Å². The zero-order chi connectivity index (χ0) is 22.6. The number of nitrogens with zero attached hydrogens (tertiary/aromatic N) is 3. The Morgan fingerprint density at radius 1 is 1.19 bits per heavy atom. The number of sulfonamides is 1. The first-order valence-corrected chi connectivity index (χ1v) is 12.0. The molecule has 0 radical (unpaired) electrons. The Bertz CT molecular complexity index is 1170. The number of rotatable bonds is 7.